The first-order valence-electron chi connectivity index (χ1n) is 4.37. The Balaban J connectivity index is 2.91. The fourth-order valence-electron chi connectivity index (χ4n) is 0.996. The SMILES string of the molecule is CC[C@@H](NS(=O)(=O)c1ccc(Cl)s1)C(=O)O. The van der Waals surface area contributed by atoms with Crippen LogP contribution in [0, 0.1) is 0 Å². The Morgan fingerprint density at radius 2 is 2.25 bits per heavy atom. The summed E-state index contributed by atoms with van der Waals surface area (Å²) < 4.78 is 25.8. The zero-order chi connectivity index (χ0) is 12.3. The molecule has 0 aromatic carbocycles. The first-order valence-corrected chi connectivity index (χ1v) is 7.05. The molecule has 1 rings (SSSR count). The van der Waals surface area contributed by atoms with Crippen LogP contribution < -0.4 is 4.72 Å². The Kier molecular flexibility index (Phi) is 4.31. The van der Waals surface area contributed by atoms with Gasteiger partial charge in [0.1, 0.15) is 10.3 Å². The minimum atomic E-state index is -3.79. The van der Waals surface area contributed by atoms with Crippen LogP contribution in [0.15, 0.2) is 16.3 Å². The van der Waals surface area contributed by atoms with Crippen molar-refractivity contribution in [1.29, 1.82) is 0 Å². The molecule has 5 nitrogen and oxygen atoms in total. The summed E-state index contributed by atoms with van der Waals surface area (Å²) in [6.45, 7) is 1.59. The van der Waals surface area contributed by atoms with E-state index >= 15 is 0 Å². The number of thiophene rings is 1. The minimum absolute atomic E-state index is 0.0113. The summed E-state index contributed by atoms with van der Waals surface area (Å²) >= 11 is 6.49. The van der Waals surface area contributed by atoms with Gasteiger partial charge in [-0.2, -0.15) is 4.72 Å². The van der Waals surface area contributed by atoms with Crippen molar-refractivity contribution in [3.05, 3.63) is 16.5 Å². The van der Waals surface area contributed by atoms with Crippen LogP contribution in [0.2, 0.25) is 4.34 Å². The van der Waals surface area contributed by atoms with Crippen LogP contribution in [0.5, 0.6) is 0 Å². The molecule has 1 atom stereocenters. The highest BCUT2D eigenvalue weighted by molar-refractivity contribution is 7.91. The Bertz CT molecular complexity index is 482. The number of carboxylic acids is 1. The highest BCUT2D eigenvalue weighted by Crippen LogP contribution is 2.25. The molecule has 0 saturated carbocycles. The zero-order valence-corrected chi connectivity index (χ0v) is 10.7. The molecule has 0 aliphatic heterocycles. The van der Waals surface area contributed by atoms with E-state index in [1.54, 1.807) is 6.92 Å². The van der Waals surface area contributed by atoms with Crippen molar-refractivity contribution in [3.63, 3.8) is 0 Å². The molecule has 0 fully saturated rings. The van der Waals surface area contributed by atoms with Crippen LogP contribution in [0.4, 0.5) is 0 Å². The lowest BCUT2D eigenvalue weighted by atomic mass is 10.2. The number of carbonyl (C=O) groups is 1. The number of nitrogens with one attached hydrogen (secondary N) is 1. The summed E-state index contributed by atoms with van der Waals surface area (Å²) in [6.07, 6.45) is 0.174. The van der Waals surface area contributed by atoms with Crippen molar-refractivity contribution in [1.82, 2.24) is 4.72 Å². The van der Waals surface area contributed by atoms with Gasteiger partial charge < -0.3 is 5.11 Å². The van der Waals surface area contributed by atoms with Crippen LogP contribution in [0.25, 0.3) is 0 Å². The minimum Gasteiger partial charge on any atom is -0.480 e. The predicted molar refractivity (Wildman–Crippen MR) is 61.4 cm³/mol. The summed E-state index contributed by atoms with van der Waals surface area (Å²) in [6, 6.07) is 1.66. The molecule has 0 saturated heterocycles. The Morgan fingerprint density at radius 3 is 2.62 bits per heavy atom. The normalized spacial score (nSPS) is 13.6. The molecule has 1 aromatic heterocycles. The molecule has 0 spiro atoms. The number of halogens is 1. The van der Waals surface area contributed by atoms with Crippen LogP contribution in [-0.2, 0) is 14.8 Å². The Labute approximate surface area is 102 Å². The number of carboxylic acid groups (broad SMARTS) is 1. The summed E-state index contributed by atoms with van der Waals surface area (Å²) in [5, 5.41) is 8.74. The van der Waals surface area contributed by atoms with Crippen molar-refractivity contribution >= 4 is 38.9 Å². The number of sulfonamides is 1. The molecule has 1 heterocycles. The third-order valence-corrected chi connectivity index (χ3v) is 5.01. The van der Waals surface area contributed by atoms with Crippen LogP contribution >= 0.6 is 22.9 Å². The molecule has 90 valence electrons. The molecule has 0 radical (unpaired) electrons. The van der Waals surface area contributed by atoms with Gasteiger partial charge in [0.2, 0.25) is 0 Å². The zero-order valence-electron chi connectivity index (χ0n) is 8.31. The maximum atomic E-state index is 11.7. The van der Waals surface area contributed by atoms with E-state index in [0.717, 1.165) is 11.3 Å². The molecule has 0 aliphatic carbocycles. The van der Waals surface area contributed by atoms with Gasteiger partial charge in [0.05, 0.1) is 4.34 Å². The lowest BCUT2D eigenvalue weighted by molar-refractivity contribution is -0.139. The number of hydrogen-bond acceptors (Lipinski definition) is 4. The van der Waals surface area contributed by atoms with Gasteiger partial charge in [-0.05, 0) is 18.6 Å². The van der Waals surface area contributed by atoms with E-state index in [-0.39, 0.29) is 10.6 Å². The van der Waals surface area contributed by atoms with E-state index in [2.05, 4.69) is 4.72 Å². The molecule has 16 heavy (non-hydrogen) atoms. The van der Waals surface area contributed by atoms with Gasteiger partial charge in [-0.25, -0.2) is 8.42 Å². The van der Waals surface area contributed by atoms with E-state index in [1.807, 2.05) is 0 Å². The van der Waals surface area contributed by atoms with Gasteiger partial charge in [0.25, 0.3) is 10.0 Å². The first-order chi connectivity index (χ1) is 7.36. The molecule has 0 amide bonds. The van der Waals surface area contributed by atoms with Crippen LogP contribution in [0.1, 0.15) is 13.3 Å². The van der Waals surface area contributed by atoms with E-state index in [0.29, 0.717) is 4.34 Å². The van der Waals surface area contributed by atoms with Crippen LogP contribution in [-0.4, -0.2) is 25.5 Å². The molecule has 0 aliphatic rings. The molecular formula is C8H10ClNO4S2. The fourth-order valence-corrected chi connectivity index (χ4v) is 3.77. The van der Waals surface area contributed by atoms with Gasteiger partial charge in [-0.3, -0.25) is 4.79 Å². The average Bonchev–Trinajstić information content (AvgIpc) is 2.61. The van der Waals surface area contributed by atoms with Crippen molar-refractivity contribution in [2.45, 2.75) is 23.6 Å². The van der Waals surface area contributed by atoms with Crippen molar-refractivity contribution < 1.29 is 18.3 Å². The third-order valence-electron chi connectivity index (χ3n) is 1.82. The van der Waals surface area contributed by atoms with E-state index in [9.17, 15) is 13.2 Å². The summed E-state index contributed by atoms with van der Waals surface area (Å²) in [4.78, 5) is 10.7. The van der Waals surface area contributed by atoms with Crippen LogP contribution in [0.3, 0.4) is 0 Å². The van der Waals surface area contributed by atoms with E-state index in [1.165, 1.54) is 12.1 Å². The second kappa shape index (κ2) is 5.13. The Hall–Kier alpha value is -0.630. The molecule has 0 unspecified atom stereocenters. The van der Waals surface area contributed by atoms with Crippen molar-refractivity contribution in [2.24, 2.45) is 0 Å². The highest BCUT2D eigenvalue weighted by atomic mass is 35.5. The highest BCUT2D eigenvalue weighted by Gasteiger charge is 2.24. The number of hydrogen-bond donors (Lipinski definition) is 2. The van der Waals surface area contributed by atoms with Gasteiger partial charge >= 0.3 is 5.97 Å². The van der Waals surface area contributed by atoms with E-state index < -0.39 is 22.0 Å². The van der Waals surface area contributed by atoms with E-state index in [4.69, 9.17) is 16.7 Å². The molecule has 2 N–H and O–H groups in total. The molecular weight excluding hydrogens is 274 g/mol. The van der Waals surface area contributed by atoms with Gasteiger partial charge in [-0.15, -0.1) is 11.3 Å². The largest absolute Gasteiger partial charge is 0.480 e. The maximum Gasteiger partial charge on any atom is 0.321 e. The number of rotatable bonds is 5. The predicted octanol–water partition coefficient (Wildman–Crippen LogP) is 1.54. The topological polar surface area (TPSA) is 83.5 Å². The monoisotopic (exact) mass is 283 g/mol. The van der Waals surface area contributed by atoms with Crippen molar-refractivity contribution in [3.8, 4) is 0 Å². The smallest absolute Gasteiger partial charge is 0.321 e. The fraction of sp³-hybridized carbons (Fsp3) is 0.375. The summed E-state index contributed by atoms with van der Waals surface area (Å²) in [7, 11) is -3.79. The second-order valence-corrected chi connectivity index (χ2v) is 6.63. The summed E-state index contributed by atoms with van der Waals surface area (Å²) in [5.41, 5.74) is 0. The average molecular weight is 284 g/mol. The van der Waals surface area contributed by atoms with Gasteiger partial charge in [0.15, 0.2) is 0 Å². The van der Waals surface area contributed by atoms with Gasteiger partial charge in [0, 0.05) is 0 Å². The molecule has 1 aromatic rings. The van der Waals surface area contributed by atoms with Gasteiger partial charge in [-0.1, -0.05) is 18.5 Å². The summed E-state index contributed by atoms with van der Waals surface area (Å²) in [5.74, 6) is -1.20. The lowest BCUT2D eigenvalue weighted by Gasteiger charge is -2.11. The third kappa shape index (κ3) is 3.18. The quantitative estimate of drug-likeness (QED) is 0.859. The second-order valence-electron chi connectivity index (χ2n) is 2.98. The molecule has 8 heteroatoms. The first kappa shape index (κ1) is 13.4. The maximum absolute atomic E-state index is 11.7. The number of aliphatic carboxylic acids is 1. The molecule has 0 bridgehead atoms. The lowest BCUT2D eigenvalue weighted by Crippen LogP contribution is -2.39. The van der Waals surface area contributed by atoms with Crippen molar-refractivity contribution in [2.75, 3.05) is 0 Å². The standard InChI is InChI=1S/C8H10ClNO4S2/c1-2-5(8(11)12)10-16(13,14)7-4-3-6(9)15-7/h3-5,10H,2H2,1H3,(H,11,12)/t5-/m1/s1. The Morgan fingerprint density at radius 1 is 1.62 bits per heavy atom.